The van der Waals surface area contributed by atoms with Gasteiger partial charge >= 0.3 is 5.97 Å². The maximum Gasteiger partial charge on any atom is 0.335 e. The van der Waals surface area contributed by atoms with Crippen molar-refractivity contribution in [2.75, 3.05) is 17.3 Å². The lowest BCUT2D eigenvalue weighted by molar-refractivity contribution is 0.0696. The summed E-state index contributed by atoms with van der Waals surface area (Å²) in [6, 6.07) is 5.51. The number of benzene rings is 1. The van der Waals surface area contributed by atoms with Crippen LogP contribution in [-0.2, 0) is 9.84 Å². The van der Waals surface area contributed by atoms with Crippen molar-refractivity contribution in [3.05, 3.63) is 29.8 Å². The van der Waals surface area contributed by atoms with Crippen LogP contribution >= 0.6 is 11.8 Å². The summed E-state index contributed by atoms with van der Waals surface area (Å²) in [5.41, 5.74) is -0.00136. The highest BCUT2D eigenvalue weighted by Crippen LogP contribution is 2.16. The van der Waals surface area contributed by atoms with E-state index in [2.05, 4.69) is 13.8 Å². The molecular weight excluding hydrogens is 296 g/mol. The second kappa shape index (κ2) is 7.69. The van der Waals surface area contributed by atoms with Gasteiger partial charge in [0.1, 0.15) is 0 Å². The van der Waals surface area contributed by atoms with Gasteiger partial charge in [-0.1, -0.05) is 19.9 Å². The molecule has 1 rings (SSSR count). The van der Waals surface area contributed by atoms with E-state index in [0.717, 1.165) is 12.2 Å². The second-order valence-electron chi connectivity index (χ2n) is 4.95. The summed E-state index contributed by atoms with van der Waals surface area (Å²) in [4.78, 5) is 10.9. The summed E-state index contributed by atoms with van der Waals surface area (Å²) in [6.07, 6.45) is 1.07. The van der Waals surface area contributed by atoms with Crippen molar-refractivity contribution in [1.29, 1.82) is 0 Å². The van der Waals surface area contributed by atoms with Crippen molar-refractivity contribution in [1.82, 2.24) is 0 Å². The molecule has 6 heteroatoms. The Bertz CT molecular complexity index is 550. The average molecular weight is 316 g/mol. The molecule has 1 N–H and O–H groups in total. The van der Waals surface area contributed by atoms with Crippen LogP contribution < -0.4 is 0 Å². The van der Waals surface area contributed by atoms with E-state index in [1.807, 2.05) is 0 Å². The highest BCUT2D eigenvalue weighted by molar-refractivity contribution is 8.00. The summed E-state index contributed by atoms with van der Waals surface area (Å²) in [6.45, 7) is 4.27. The van der Waals surface area contributed by atoms with Gasteiger partial charge in [-0.15, -0.1) is 0 Å². The molecular formula is C14H20O4S2. The second-order valence-corrected chi connectivity index (χ2v) is 8.28. The summed E-state index contributed by atoms with van der Waals surface area (Å²) >= 11 is 1.62. The first-order valence-corrected chi connectivity index (χ1v) is 9.27. The fourth-order valence-corrected chi connectivity index (χ4v) is 4.55. The van der Waals surface area contributed by atoms with Gasteiger partial charge in [-0.2, -0.15) is 11.8 Å². The van der Waals surface area contributed by atoms with Crippen LogP contribution in [0.2, 0.25) is 0 Å². The van der Waals surface area contributed by atoms with E-state index >= 15 is 0 Å². The van der Waals surface area contributed by atoms with Crippen LogP contribution in [0.3, 0.4) is 0 Å². The van der Waals surface area contributed by atoms with Crippen molar-refractivity contribution in [2.24, 2.45) is 5.92 Å². The molecule has 112 valence electrons. The lowest BCUT2D eigenvalue weighted by Crippen LogP contribution is -2.10. The normalized spacial score (nSPS) is 11.8. The Morgan fingerprint density at radius 3 is 2.60 bits per heavy atom. The predicted molar refractivity (Wildman–Crippen MR) is 82.2 cm³/mol. The van der Waals surface area contributed by atoms with Gasteiger partial charge in [-0.25, -0.2) is 13.2 Å². The van der Waals surface area contributed by atoms with Crippen LogP contribution in [0.4, 0.5) is 0 Å². The predicted octanol–water partition coefficient (Wildman–Crippen LogP) is 2.94. The standard InChI is InChI=1S/C14H20O4S2/c1-11(2)6-7-19-8-9-20(17,18)13-5-3-4-12(10-13)14(15)16/h3-5,10-11H,6-9H2,1-2H3,(H,15,16). The molecule has 4 nitrogen and oxygen atoms in total. The third-order valence-electron chi connectivity index (χ3n) is 2.78. The topological polar surface area (TPSA) is 71.4 Å². The molecule has 0 amide bonds. The number of carboxylic acids is 1. The van der Waals surface area contributed by atoms with Gasteiger partial charge in [0.15, 0.2) is 9.84 Å². The molecule has 1 aromatic rings. The van der Waals surface area contributed by atoms with Gasteiger partial charge in [0.25, 0.3) is 0 Å². The van der Waals surface area contributed by atoms with Crippen LogP contribution in [0.5, 0.6) is 0 Å². The van der Waals surface area contributed by atoms with E-state index in [1.165, 1.54) is 24.3 Å². The Morgan fingerprint density at radius 2 is 2.00 bits per heavy atom. The number of rotatable bonds is 8. The lowest BCUT2D eigenvalue weighted by atomic mass is 10.2. The van der Waals surface area contributed by atoms with Gasteiger partial charge in [0, 0.05) is 5.75 Å². The number of carboxylic acid groups (broad SMARTS) is 1. The zero-order valence-electron chi connectivity index (χ0n) is 11.7. The number of hydrogen-bond acceptors (Lipinski definition) is 4. The van der Waals surface area contributed by atoms with Crippen molar-refractivity contribution in [2.45, 2.75) is 25.2 Å². The van der Waals surface area contributed by atoms with E-state index in [1.54, 1.807) is 11.8 Å². The van der Waals surface area contributed by atoms with Gasteiger partial charge < -0.3 is 5.11 Å². The quantitative estimate of drug-likeness (QED) is 0.747. The van der Waals surface area contributed by atoms with Gasteiger partial charge in [0.05, 0.1) is 16.2 Å². The fraction of sp³-hybridized carbons (Fsp3) is 0.500. The van der Waals surface area contributed by atoms with Gasteiger partial charge in [-0.3, -0.25) is 0 Å². The Kier molecular flexibility index (Phi) is 6.55. The minimum absolute atomic E-state index is 0.00136. The maximum atomic E-state index is 12.1. The number of thioether (sulfide) groups is 1. The molecule has 0 spiro atoms. The third-order valence-corrected chi connectivity index (χ3v) is 5.77. The maximum absolute atomic E-state index is 12.1. The largest absolute Gasteiger partial charge is 0.478 e. The zero-order valence-corrected chi connectivity index (χ0v) is 13.3. The molecule has 0 aliphatic carbocycles. The van der Waals surface area contributed by atoms with Crippen LogP contribution in [0.25, 0.3) is 0 Å². The average Bonchev–Trinajstić information content (AvgIpc) is 2.38. The molecule has 20 heavy (non-hydrogen) atoms. The molecule has 0 aliphatic rings. The molecule has 0 unspecified atom stereocenters. The Morgan fingerprint density at radius 1 is 1.30 bits per heavy atom. The molecule has 1 aromatic carbocycles. The molecule has 0 fully saturated rings. The smallest absolute Gasteiger partial charge is 0.335 e. The summed E-state index contributed by atoms with van der Waals surface area (Å²) in [5.74, 6) is 1.02. The van der Waals surface area contributed by atoms with Crippen LogP contribution in [0.1, 0.15) is 30.6 Å². The van der Waals surface area contributed by atoms with Gasteiger partial charge in [-0.05, 0) is 36.3 Å². The number of sulfone groups is 1. The minimum atomic E-state index is -3.40. The minimum Gasteiger partial charge on any atom is -0.478 e. The molecule has 0 aromatic heterocycles. The molecule has 0 saturated carbocycles. The lowest BCUT2D eigenvalue weighted by Gasteiger charge is -2.06. The van der Waals surface area contributed by atoms with Crippen LogP contribution in [0.15, 0.2) is 29.2 Å². The molecule has 0 radical (unpaired) electrons. The molecule has 0 saturated heterocycles. The molecule has 0 bridgehead atoms. The van der Waals surface area contributed by atoms with Crippen LogP contribution in [-0.4, -0.2) is 36.8 Å². The van der Waals surface area contributed by atoms with E-state index in [0.29, 0.717) is 11.7 Å². The van der Waals surface area contributed by atoms with Gasteiger partial charge in [0.2, 0.25) is 0 Å². The van der Waals surface area contributed by atoms with Crippen molar-refractivity contribution in [3.63, 3.8) is 0 Å². The Labute approximate surface area is 124 Å². The first-order chi connectivity index (χ1) is 9.33. The van der Waals surface area contributed by atoms with Crippen molar-refractivity contribution in [3.8, 4) is 0 Å². The number of carbonyl (C=O) groups is 1. The summed E-state index contributed by atoms with van der Waals surface area (Å²) < 4.78 is 24.2. The van der Waals surface area contributed by atoms with E-state index in [4.69, 9.17) is 5.11 Å². The first-order valence-electron chi connectivity index (χ1n) is 6.47. The Hall–Kier alpha value is -1.01. The number of aromatic carboxylic acids is 1. The molecule has 0 atom stereocenters. The van der Waals surface area contributed by atoms with Crippen molar-refractivity contribution < 1.29 is 18.3 Å². The van der Waals surface area contributed by atoms with Crippen LogP contribution in [0, 0.1) is 5.92 Å². The number of hydrogen-bond donors (Lipinski definition) is 1. The SMILES string of the molecule is CC(C)CCSCCS(=O)(=O)c1cccc(C(=O)O)c1. The summed E-state index contributed by atoms with van der Waals surface area (Å²) in [5, 5.41) is 8.87. The van der Waals surface area contributed by atoms with E-state index < -0.39 is 15.8 Å². The van der Waals surface area contributed by atoms with Crippen molar-refractivity contribution >= 4 is 27.6 Å². The molecule has 0 heterocycles. The highest BCUT2D eigenvalue weighted by atomic mass is 32.2. The molecule has 0 aliphatic heterocycles. The summed E-state index contributed by atoms with van der Waals surface area (Å²) in [7, 11) is -3.40. The zero-order chi connectivity index (χ0) is 15.2. The first kappa shape index (κ1) is 17.0. The highest BCUT2D eigenvalue weighted by Gasteiger charge is 2.16. The van der Waals surface area contributed by atoms with E-state index in [-0.39, 0.29) is 16.2 Å². The monoisotopic (exact) mass is 316 g/mol. The Balaban J connectivity index is 2.60. The van der Waals surface area contributed by atoms with E-state index in [9.17, 15) is 13.2 Å². The third kappa shape index (κ3) is 5.54. The fourth-order valence-electron chi connectivity index (χ4n) is 1.53.